The van der Waals surface area contributed by atoms with Crippen molar-refractivity contribution in [1.82, 2.24) is 0 Å². The third kappa shape index (κ3) is 2.78. The lowest BCUT2D eigenvalue weighted by Gasteiger charge is -2.11. The lowest BCUT2D eigenvalue weighted by molar-refractivity contribution is 0.276. The van der Waals surface area contributed by atoms with Crippen LogP contribution in [-0.2, 0) is 6.61 Å². The molecule has 0 unspecified atom stereocenters. The number of para-hydroxylation sites is 1. The van der Waals surface area contributed by atoms with Gasteiger partial charge in [0.15, 0.2) is 0 Å². The molecule has 0 radical (unpaired) electrons. The van der Waals surface area contributed by atoms with Crippen LogP contribution in [0.5, 0.6) is 11.5 Å². The van der Waals surface area contributed by atoms with Crippen LogP contribution in [0.1, 0.15) is 5.56 Å². The van der Waals surface area contributed by atoms with E-state index in [1.807, 2.05) is 24.3 Å². The maximum absolute atomic E-state index is 9.19. The molecule has 0 aromatic heterocycles. The van der Waals surface area contributed by atoms with E-state index in [9.17, 15) is 5.11 Å². The van der Waals surface area contributed by atoms with Gasteiger partial charge in [0.05, 0.1) is 12.3 Å². The number of nitrogen functional groups attached to an aromatic ring is 1. The van der Waals surface area contributed by atoms with Gasteiger partial charge in [-0.2, -0.15) is 0 Å². The first kappa shape index (κ1) is 12.0. The molecule has 0 fully saturated rings. The highest BCUT2D eigenvalue weighted by Crippen LogP contribution is 2.31. The summed E-state index contributed by atoms with van der Waals surface area (Å²) in [5.41, 5.74) is 7.12. The van der Waals surface area contributed by atoms with Crippen LogP contribution in [0.4, 0.5) is 5.69 Å². The van der Waals surface area contributed by atoms with Crippen LogP contribution in [0.3, 0.4) is 0 Å². The number of benzene rings is 2. The Morgan fingerprint density at radius 1 is 1.12 bits per heavy atom. The highest BCUT2D eigenvalue weighted by Gasteiger charge is 2.06. The fourth-order valence-electron chi connectivity index (χ4n) is 1.46. The molecule has 0 amide bonds. The number of halogens is 1. The predicted molar refractivity (Wildman–Crippen MR) is 71.0 cm³/mol. The van der Waals surface area contributed by atoms with Gasteiger partial charge in [-0.15, -0.1) is 0 Å². The Balaban J connectivity index is 2.31. The number of rotatable bonds is 3. The molecule has 0 aliphatic carbocycles. The fraction of sp³-hybridized carbons (Fsp3) is 0.0769. The van der Waals surface area contributed by atoms with Gasteiger partial charge in [-0.3, -0.25) is 0 Å². The molecule has 0 aliphatic heterocycles. The molecule has 0 saturated heterocycles. The van der Waals surface area contributed by atoms with E-state index in [4.69, 9.17) is 10.5 Å². The molecule has 17 heavy (non-hydrogen) atoms. The summed E-state index contributed by atoms with van der Waals surface area (Å²) >= 11 is 3.33. The van der Waals surface area contributed by atoms with E-state index in [1.165, 1.54) is 0 Å². The molecule has 2 aromatic carbocycles. The summed E-state index contributed by atoms with van der Waals surface area (Å²) in [6.45, 7) is -0.0629. The molecule has 3 nitrogen and oxygen atoms in total. The topological polar surface area (TPSA) is 55.5 Å². The zero-order valence-corrected chi connectivity index (χ0v) is 10.6. The van der Waals surface area contributed by atoms with Crippen LogP contribution in [0.2, 0.25) is 0 Å². The number of nitrogens with two attached hydrogens (primary N) is 1. The standard InChI is InChI=1S/C13H12BrNO2/c14-10-5-6-13(11(15)7-10)17-12-4-2-1-3-9(12)8-16/h1-7,16H,8,15H2. The third-order valence-corrected chi connectivity index (χ3v) is 2.83. The highest BCUT2D eigenvalue weighted by molar-refractivity contribution is 9.10. The van der Waals surface area contributed by atoms with Crippen molar-refractivity contribution in [3.8, 4) is 11.5 Å². The van der Waals surface area contributed by atoms with Gasteiger partial charge in [-0.25, -0.2) is 0 Å². The first-order valence-corrected chi connectivity index (χ1v) is 5.91. The number of anilines is 1. The Hall–Kier alpha value is -1.52. The first-order valence-electron chi connectivity index (χ1n) is 5.12. The monoisotopic (exact) mass is 293 g/mol. The first-order chi connectivity index (χ1) is 8.20. The molecular formula is C13H12BrNO2. The maximum atomic E-state index is 9.19. The molecule has 0 heterocycles. The maximum Gasteiger partial charge on any atom is 0.150 e. The minimum absolute atomic E-state index is 0.0629. The molecule has 2 rings (SSSR count). The van der Waals surface area contributed by atoms with Crippen LogP contribution in [0, 0.1) is 0 Å². The summed E-state index contributed by atoms with van der Waals surface area (Å²) in [6, 6.07) is 12.7. The van der Waals surface area contributed by atoms with Crippen molar-refractivity contribution >= 4 is 21.6 Å². The fourth-order valence-corrected chi connectivity index (χ4v) is 1.84. The van der Waals surface area contributed by atoms with Crippen molar-refractivity contribution in [3.05, 3.63) is 52.5 Å². The summed E-state index contributed by atoms with van der Waals surface area (Å²) in [6.07, 6.45) is 0. The summed E-state index contributed by atoms with van der Waals surface area (Å²) in [5, 5.41) is 9.19. The molecule has 3 N–H and O–H groups in total. The van der Waals surface area contributed by atoms with E-state index in [-0.39, 0.29) is 6.61 Å². The van der Waals surface area contributed by atoms with E-state index in [2.05, 4.69) is 15.9 Å². The number of aliphatic hydroxyl groups excluding tert-OH is 1. The second-order valence-electron chi connectivity index (χ2n) is 3.55. The molecule has 0 saturated carbocycles. The van der Waals surface area contributed by atoms with Gasteiger partial charge in [-0.1, -0.05) is 34.1 Å². The van der Waals surface area contributed by atoms with E-state index >= 15 is 0 Å². The Bertz CT molecular complexity index is 529. The molecule has 0 aliphatic rings. The van der Waals surface area contributed by atoms with Crippen molar-refractivity contribution in [2.75, 3.05) is 5.73 Å². The van der Waals surface area contributed by atoms with Crippen LogP contribution in [0.25, 0.3) is 0 Å². The zero-order valence-electron chi connectivity index (χ0n) is 9.06. The summed E-state index contributed by atoms with van der Waals surface area (Å²) in [4.78, 5) is 0. The van der Waals surface area contributed by atoms with Gasteiger partial charge in [-0.05, 0) is 24.3 Å². The predicted octanol–water partition coefficient (Wildman–Crippen LogP) is 3.32. The number of aliphatic hydroxyl groups is 1. The van der Waals surface area contributed by atoms with Gasteiger partial charge < -0.3 is 15.6 Å². The lowest BCUT2D eigenvalue weighted by Crippen LogP contribution is -1.95. The average molecular weight is 294 g/mol. The summed E-state index contributed by atoms with van der Waals surface area (Å²) in [5.74, 6) is 1.19. The van der Waals surface area contributed by atoms with Crippen molar-refractivity contribution in [2.24, 2.45) is 0 Å². The Kier molecular flexibility index (Phi) is 3.66. The Morgan fingerprint density at radius 3 is 2.59 bits per heavy atom. The van der Waals surface area contributed by atoms with Gasteiger partial charge in [0.2, 0.25) is 0 Å². The average Bonchev–Trinajstić information content (AvgIpc) is 2.33. The van der Waals surface area contributed by atoms with Crippen LogP contribution < -0.4 is 10.5 Å². The van der Waals surface area contributed by atoms with Crippen LogP contribution in [0.15, 0.2) is 46.9 Å². The molecule has 2 aromatic rings. The molecule has 88 valence electrons. The van der Waals surface area contributed by atoms with E-state index < -0.39 is 0 Å². The normalized spacial score (nSPS) is 10.2. The second kappa shape index (κ2) is 5.21. The highest BCUT2D eigenvalue weighted by atomic mass is 79.9. The van der Waals surface area contributed by atoms with Gasteiger partial charge >= 0.3 is 0 Å². The van der Waals surface area contributed by atoms with Crippen molar-refractivity contribution in [1.29, 1.82) is 0 Å². The third-order valence-electron chi connectivity index (χ3n) is 2.33. The Labute approximate surface area is 108 Å². The molecule has 0 bridgehead atoms. The van der Waals surface area contributed by atoms with Crippen molar-refractivity contribution < 1.29 is 9.84 Å². The van der Waals surface area contributed by atoms with Gasteiger partial charge in [0, 0.05) is 10.0 Å². The second-order valence-corrected chi connectivity index (χ2v) is 4.47. The SMILES string of the molecule is Nc1cc(Br)ccc1Oc1ccccc1CO. The number of hydrogen-bond acceptors (Lipinski definition) is 3. The number of hydrogen-bond donors (Lipinski definition) is 2. The van der Waals surface area contributed by atoms with Crippen molar-refractivity contribution in [2.45, 2.75) is 6.61 Å². The molecular weight excluding hydrogens is 282 g/mol. The van der Waals surface area contributed by atoms with E-state index in [0.29, 0.717) is 17.2 Å². The largest absolute Gasteiger partial charge is 0.455 e. The molecule has 4 heteroatoms. The minimum Gasteiger partial charge on any atom is -0.455 e. The quantitative estimate of drug-likeness (QED) is 0.854. The van der Waals surface area contributed by atoms with Crippen LogP contribution >= 0.6 is 15.9 Å². The minimum atomic E-state index is -0.0629. The molecule has 0 spiro atoms. The van der Waals surface area contributed by atoms with E-state index in [1.54, 1.807) is 18.2 Å². The summed E-state index contributed by atoms with van der Waals surface area (Å²) < 4.78 is 6.58. The van der Waals surface area contributed by atoms with Gasteiger partial charge in [0.1, 0.15) is 11.5 Å². The molecule has 0 atom stereocenters. The van der Waals surface area contributed by atoms with Crippen LogP contribution in [-0.4, -0.2) is 5.11 Å². The zero-order chi connectivity index (χ0) is 12.3. The van der Waals surface area contributed by atoms with Crippen molar-refractivity contribution in [3.63, 3.8) is 0 Å². The number of ether oxygens (including phenoxy) is 1. The lowest BCUT2D eigenvalue weighted by atomic mass is 10.2. The Morgan fingerprint density at radius 2 is 1.88 bits per heavy atom. The van der Waals surface area contributed by atoms with Gasteiger partial charge in [0.25, 0.3) is 0 Å². The van der Waals surface area contributed by atoms with E-state index in [0.717, 1.165) is 10.0 Å². The summed E-state index contributed by atoms with van der Waals surface area (Å²) in [7, 11) is 0. The smallest absolute Gasteiger partial charge is 0.150 e.